The molecule has 0 bridgehead atoms. The predicted molar refractivity (Wildman–Crippen MR) is 144 cm³/mol. The zero-order chi connectivity index (χ0) is 28.1. The summed E-state index contributed by atoms with van der Waals surface area (Å²) < 4.78 is 22.3. The number of rotatable bonds is 7. The zero-order valence-electron chi connectivity index (χ0n) is 22.4. The maximum atomic E-state index is 15.3. The van der Waals surface area contributed by atoms with Crippen molar-refractivity contribution in [3.05, 3.63) is 60.4 Å². The number of amides is 2. The van der Waals surface area contributed by atoms with Crippen molar-refractivity contribution < 1.29 is 18.7 Å². The van der Waals surface area contributed by atoms with E-state index in [0.717, 1.165) is 25.9 Å². The quantitative estimate of drug-likeness (QED) is 0.435. The van der Waals surface area contributed by atoms with E-state index >= 15 is 4.39 Å². The molecule has 12 heteroatoms. The van der Waals surface area contributed by atoms with Crippen molar-refractivity contribution in [2.24, 2.45) is 11.8 Å². The third-order valence-corrected chi connectivity index (χ3v) is 8.98. The van der Waals surface area contributed by atoms with Gasteiger partial charge in [-0.1, -0.05) is 11.3 Å². The third kappa shape index (κ3) is 4.41. The van der Waals surface area contributed by atoms with Crippen LogP contribution < -0.4 is 4.90 Å². The monoisotopic (exact) mass is 556 g/mol. The SMILES string of the molecule is N#CC1(c2ccc(-c3ccc(N4C[C@H](Cn5ccnn5)OC4=O)cc3F)cn2)[C@@H]2CN(C(=O)CN3CCCC3)C[C@@H]21. The van der Waals surface area contributed by atoms with Crippen molar-refractivity contribution in [3.63, 3.8) is 0 Å². The highest BCUT2D eigenvalue weighted by atomic mass is 19.1. The standard InChI is InChI=1S/C29H29FN8O3/c30-25-11-20(38-14-21(41-28(38)40)13-37-10-7-33-34-37)4-5-22(25)19-3-6-26(32-12-19)29(18-31)23-15-36(16-24(23)29)27(39)17-35-8-1-2-9-35/h3-7,10-12,21,23-24H,1-2,8-9,13-17H2/t21-,23-,24+,29?/m0/s1. The van der Waals surface area contributed by atoms with E-state index in [1.807, 2.05) is 4.90 Å². The van der Waals surface area contributed by atoms with Crippen LogP contribution in [0.3, 0.4) is 0 Å². The average Bonchev–Trinajstić information content (AvgIpc) is 3.65. The molecule has 2 amide bonds. The molecule has 11 nitrogen and oxygen atoms in total. The molecule has 210 valence electrons. The van der Waals surface area contributed by atoms with Gasteiger partial charge in [-0.2, -0.15) is 5.26 Å². The smallest absolute Gasteiger partial charge is 0.414 e. The van der Waals surface area contributed by atoms with Crippen LogP contribution in [0.1, 0.15) is 18.5 Å². The molecule has 3 aliphatic heterocycles. The number of nitriles is 1. The van der Waals surface area contributed by atoms with Crippen LogP contribution in [-0.2, 0) is 21.5 Å². The van der Waals surface area contributed by atoms with Crippen molar-refractivity contribution in [2.75, 3.05) is 44.2 Å². The van der Waals surface area contributed by atoms with Gasteiger partial charge in [-0.15, -0.1) is 5.10 Å². The van der Waals surface area contributed by atoms with Crippen molar-refractivity contribution in [1.82, 2.24) is 29.8 Å². The molecule has 3 aromatic rings. The Morgan fingerprint density at radius 2 is 1.95 bits per heavy atom. The van der Waals surface area contributed by atoms with E-state index < -0.39 is 23.4 Å². The van der Waals surface area contributed by atoms with Gasteiger partial charge < -0.3 is 9.64 Å². The molecule has 1 unspecified atom stereocenters. The molecule has 1 aliphatic carbocycles. The Morgan fingerprint density at radius 1 is 1.15 bits per heavy atom. The number of likely N-dealkylation sites (tertiary alicyclic amines) is 2. The predicted octanol–water partition coefficient (Wildman–Crippen LogP) is 2.45. The fourth-order valence-electron chi connectivity index (χ4n) is 6.74. The molecule has 0 N–H and O–H groups in total. The number of piperidine rings is 1. The number of nitrogens with zero attached hydrogens (tertiary/aromatic N) is 8. The van der Waals surface area contributed by atoms with Gasteiger partial charge in [0.25, 0.3) is 0 Å². The van der Waals surface area contributed by atoms with E-state index in [0.29, 0.717) is 48.7 Å². The molecule has 0 radical (unpaired) electrons. The number of cyclic esters (lactones) is 1. The molecule has 0 spiro atoms. The summed E-state index contributed by atoms with van der Waals surface area (Å²) >= 11 is 0. The van der Waals surface area contributed by atoms with Crippen molar-refractivity contribution >= 4 is 17.7 Å². The lowest BCUT2D eigenvalue weighted by molar-refractivity contribution is -0.131. The van der Waals surface area contributed by atoms with Gasteiger partial charge in [-0.3, -0.25) is 19.6 Å². The number of hydrogen-bond acceptors (Lipinski definition) is 8. The molecule has 4 fully saturated rings. The second-order valence-electron chi connectivity index (χ2n) is 11.3. The molecule has 5 heterocycles. The lowest BCUT2D eigenvalue weighted by atomic mass is 9.95. The number of ether oxygens (including phenoxy) is 1. The normalized spacial score (nSPS) is 27.1. The van der Waals surface area contributed by atoms with Gasteiger partial charge in [0.05, 0.1) is 43.3 Å². The molecule has 1 saturated carbocycles. The first kappa shape index (κ1) is 25.6. The molecule has 3 saturated heterocycles. The number of halogens is 1. The number of pyridine rings is 1. The summed E-state index contributed by atoms with van der Waals surface area (Å²) in [4.78, 5) is 35.3. The minimum atomic E-state index is -0.704. The van der Waals surface area contributed by atoms with Gasteiger partial charge >= 0.3 is 6.09 Å². The second-order valence-corrected chi connectivity index (χ2v) is 11.3. The maximum absolute atomic E-state index is 15.3. The van der Waals surface area contributed by atoms with E-state index in [4.69, 9.17) is 4.74 Å². The van der Waals surface area contributed by atoms with Crippen molar-refractivity contribution in [2.45, 2.75) is 30.9 Å². The van der Waals surface area contributed by atoms with E-state index in [2.05, 4.69) is 26.3 Å². The van der Waals surface area contributed by atoms with Gasteiger partial charge in [0.1, 0.15) is 17.3 Å². The molecule has 7 rings (SSSR count). The van der Waals surface area contributed by atoms with Gasteiger partial charge in [0.2, 0.25) is 5.91 Å². The van der Waals surface area contributed by atoms with Crippen LogP contribution >= 0.6 is 0 Å². The number of carbonyl (C=O) groups excluding carboxylic acids is 2. The molecule has 41 heavy (non-hydrogen) atoms. The number of aromatic nitrogens is 4. The topological polar surface area (TPSA) is 120 Å². The molecular weight excluding hydrogens is 527 g/mol. The summed E-state index contributed by atoms with van der Waals surface area (Å²) in [5.74, 6) is -0.216. The first-order chi connectivity index (χ1) is 20.0. The molecule has 4 atom stereocenters. The third-order valence-electron chi connectivity index (χ3n) is 8.98. The minimum absolute atomic E-state index is 0.0676. The number of fused-ring (bicyclic) bond motifs is 1. The molecule has 4 aliphatic rings. The highest BCUT2D eigenvalue weighted by Gasteiger charge is 2.71. The van der Waals surface area contributed by atoms with E-state index in [1.165, 1.54) is 11.0 Å². The fourth-order valence-corrected chi connectivity index (χ4v) is 6.74. The number of benzene rings is 1. The van der Waals surface area contributed by atoms with Gasteiger partial charge in [-0.05, 0) is 50.2 Å². The van der Waals surface area contributed by atoms with Crippen LogP contribution in [0.15, 0.2) is 48.9 Å². The van der Waals surface area contributed by atoms with Crippen LogP contribution in [-0.4, -0.2) is 87.2 Å². The lowest BCUT2D eigenvalue weighted by Crippen LogP contribution is -2.41. The Labute approximate surface area is 236 Å². The fraction of sp³-hybridized carbons (Fsp3) is 0.448. The Balaban J connectivity index is 1.01. The summed E-state index contributed by atoms with van der Waals surface area (Å²) in [6.45, 7) is 4.19. The molecular formula is C29H29FN8O3. The summed E-state index contributed by atoms with van der Waals surface area (Å²) in [6.07, 6.45) is 6.15. The van der Waals surface area contributed by atoms with Gasteiger partial charge in [-0.25, -0.2) is 13.9 Å². The largest absolute Gasteiger partial charge is 0.442 e. The number of anilines is 1. The van der Waals surface area contributed by atoms with Crippen LogP contribution in [0.2, 0.25) is 0 Å². The summed E-state index contributed by atoms with van der Waals surface area (Å²) in [5, 5.41) is 17.8. The van der Waals surface area contributed by atoms with Crippen LogP contribution in [0, 0.1) is 29.0 Å². The van der Waals surface area contributed by atoms with Crippen LogP contribution in [0.25, 0.3) is 11.1 Å². The van der Waals surface area contributed by atoms with E-state index in [-0.39, 0.29) is 24.3 Å². The van der Waals surface area contributed by atoms with Gasteiger partial charge in [0.15, 0.2) is 0 Å². The zero-order valence-corrected chi connectivity index (χ0v) is 22.4. The molecule has 1 aromatic carbocycles. The summed E-state index contributed by atoms with van der Waals surface area (Å²) in [6, 6.07) is 10.7. The Morgan fingerprint density at radius 3 is 2.61 bits per heavy atom. The van der Waals surface area contributed by atoms with Gasteiger partial charge in [0, 0.05) is 48.4 Å². The van der Waals surface area contributed by atoms with Crippen molar-refractivity contribution in [3.8, 4) is 17.2 Å². The van der Waals surface area contributed by atoms with Crippen LogP contribution in [0.4, 0.5) is 14.9 Å². The minimum Gasteiger partial charge on any atom is -0.442 e. The Hall–Kier alpha value is -4.37. The molecule has 2 aromatic heterocycles. The Bertz CT molecular complexity index is 1500. The Kier molecular flexibility index (Phi) is 6.19. The number of hydrogen-bond donors (Lipinski definition) is 0. The van der Waals surface area contributed by atoms with Crippen molar-refractivity contribution in [1.29, 1.82) is 5.26 Å². The highest BCUT2D eigenvalue weighted by Crippen LogP contribution is 2.62. The highest BCUT2D eigenvalue weighted by molar-refractivity contribution is 5.90. The second kappa shape index (κ2) is 9.92. The summed E-state index contributed by atoms with van der Waals surface area (Å²) in [7, 11) is 0. The first-order valence-corrected chi connectivity index (χ1v) is 14.0. The maximum Gasteiger partial charge on any atom is 0.414 e. The lowest BCUT2D eigenvalue weighted by Gasteiger charge is -2.25. The van der Waals surface area contributed by atoms with E-state index in [1.54, 1.807) is 47.5 Å². The first-order valence-electron chi connectivity index (χ1n) is 14.0. The average molecular weight is 557 g/mol. The van der Waals surface area contributed by atoms with Crippen LogP contribution in [0.5, 0.6) is 0 Å². The number of carbonyl (C=O) groups is 2. The summed E-state index contributed by atoms with van der Waals surface area (Å²) in [5.41, 5.74) is 1.29. The van der Waals surface area contributed by atoms with E-state index in [9.17, 15) is 14.9 Å².